The summed E-state index contributed by atoms with van der Waals surface area (Å²) in [5.74, 6) is -0.933. The molecule has 0 aliphatic carbocycles. The lowest BCUT2D eigenvalue weighted by Crippen LogP contribution is -2.53. The molecule has 2 atom stereocenters. The number of rotatable bonds is 8. The highest BCUT2D eigenvalue weighted by Crippen LogP contribution is 2.24. The van der Waals surface area contributed by atoms with Crippen LogP contribution in [0.15, 0.2) is 71.6 Å². The highest BCUT2D eigenvalue weighted by atomic mass is 32.2. The molecule has 1 fully saturated rings. The molecule has 8 nitrogen and oxygen atoms in total. The summed E-state index contributed by atoms with van der Waals surface area (Å²) < 4.78 is 35.2. The van der Waals surface area contributed by atoms with Crippen LogP contribution >= 0.6 is 0 Å². The molecule has 0 saturated carbocycles. The van der Waals surface area contributed by atoms with Gasteiger partial charge in [0, 0.05) is 13.1 Å². The number of ether oxygens (including phenoxy) is 1. The Labute approximate surface area is 224 Å². The second-order valence-corrected chi connectivity index (χ2v) is 12.3. The largest absolute Gasteiger partial charge is 0.458 e. The summed E-state index contributed by atoms with van der Waals surface area (Å²) >= 11 is 0. The molecule has 3 N–H and O–H groups in total. The van der Waals surface area contributed by atoms with Crippen LogP contribution in [0.1, 0.15) is 44.7 Å². The third-order valence-electron chi connectivity index (χ3n) is 6.54. The maximum absolute atomic E-state index is 13.8. The number of esters is 1. The van der Waals surface area contributed by atoms with Gasteiger partial charge in [-0.1, -0.05) is 54.6 Å². The van der Waals surface area contributed by atoms with E-state index in [1.165, 1.54) is 11.0 Å². The van der Waals surface area contributed by atoms with Gasteiger partial charge in [0.05, 0.1) is 4.90 Å². The first-order chi connectivity index (χ1) is 18.0. The monoisotopic (exact) mass is 537 g/mol. The Hall–Kier alpha value is -3.27. The molecule has 0 aromatic heterocycles. The van der Waals surface area contributed by atoms with Crippen LogP contribution in [0.3, 0.4) is 0 Å². The van der Waals surface area contributed by atoms with Gasteiger partial charge in [-0.3, -0.25) is 4.79 Å². The second kappa shape index (κ2) is 11.2. The maximum Gasteiger partial charge on any atom is 0.329 e. The maximum atomic E-state index is 13.8. The third-order valence-corrected chi connectivity index (χ3v) is 8.01. The molecule has 9 heteroatoms. The van der Waals surface area contributed by atoms with E-state index in [2.05, 4.69) is 4.72 Å². The standard InChI is InChI=1S/C29H35N3O5S/c1-29(2,3)37-28(34)26-9-6-16-32(26)27(33)25(17-20-10-12-21(19-30)13-11-20)31-38(35,36)24-15-14-22-7-4-5-8-23(22)18-24/h4-5,7-8,10-15,18,25-26,31H,6,9,16-17,19,30H2,1-3H3/t25-,26-/m0/s1. The van der Waals surface area contributed by atoms with Crippen molar-refractivity contribution in [3.8, 4) is 0 Å². The van der Waals surface area contributed by atoms with Crippen LogP contribution in [0, 0.1) is 0 Å². The molecule has 3 aromatic rings. The minimum Gasteiger partial charge on any atom is -0.458 e. The first-order valence-corrected chi connectivity index (χ1v) is 14.3. The van der Waals surface area contributed by atoms with E-state index in [0.717, 1.165) is 21.9 Å². The van der Waals surface area contributed by atoms with E-state index in [0.29, 0.717) is 25.9 Å². The molecule has 38 heavy (non-hydrogen) atoms. The molecule has 1 aliphatic rings. The van der Waals surface area contributed by atoms with Crippen molar-refractivity contribution < 1.29 is 22.7 Å². The number of carbonyl (C=O) groups excluding carboxylic acids is 2. The molecule has 4 rings (SSSR count). The van der Waals surface area contributed by atoms with Crippen molar-refractivity contribution in [2.24, 2.45) is 5.73 Å². The van der Waals surface area contributed by atoms with Crippen molar-refractivity contribution in [2.75, 3.05) is 6.54 Å². The Kier molecular flexibility index (Phi) is 8.20. The van der Waals surface area contributed by atoms with Gasteiger partial charge >= 0.3 is 5.97 Å². The number of sulfonamides is 1. The molecule has 0 unspecified atom stereocenters. The quantitative estimate of drug-likeness (QED) is 0.425. The van der Waals surface area contributed by atoms with E-state index in [9.17, 15) is 18.0 Å². The lowest BCUT2D eigenvalue weighted by atomic mass is 10.0. The van der Waals surface area contributed by atoms with Gasteiger partial charge in [0.2, 0.25) is 15.9 Å². The Morgan fingerprint density at radius 2 is 1.68 bits per heavy atom. The molecule has 1 heterocycles. The molecule has 0 bridgehead atoms. The Morgan fingerprint density at radius 3 is 2.34 bits per heavy atom. The van der Waals surface area contributed by atoms with Crippen molar-refractivity contribution in [1.29, 1.82) is 0 Å². The zero-order valence-corrected chi connectivity index (χ0v) is 22.8. The molecule has 0 spiro atoms. The van der Waals surface area contributed by atoms with Crippen molar-refractivity contribution in [2.45, 2.75) is 69.2 Å². The second-order valence-electron chi connectivity index (χ2n) is 10.6. The highest BCUT2D eigenvalue weighted by molar-refractivity contribution is 7.89. The average Bonchev–Trinajstić information content (AvgIpc) is 3.37. The molecule has 1 amide bonds. The summed E-state index contributed by atoms with van der Waals surface area (Å²) in [4.78, 5) is 28.3. The first kappa shape index (κ1) is 27.8. The molecule has 202 valence electrons. The number of hydrogen-bond acceptors (Lipinski definition) is 6. The van der Waals surface area contributed by atoms with Gasteiger partial charge in [0.15, 0.2) is 0 Å². The van der Waals surface area contributed by atoms with Crippen LogP contribution in [0.5, 0.6) is 0 Å². The van der Waals surface area contributed by atoms with E-state index >= 15 is 0 Å². The molecule has 3 aromatic carbocycles. The number of nitrogens with two attached hydrogens (primary N) is 1. The summed E-state index contributed by atoms with van der Waals surface area (Å²) in [7, 11) is -4.06. The Bertz CT molecular complexity index is 1410. The van der Waals surface area contributed by atoms with Crippen LogP contribution in [-0.2, 0) is 37.3 Å². The normalized spacial score (nSPS) is 16.9. The number of fused-ring (bicyclic) bond motifs is 1. The van der Waals surface area contributed by atoms with Crippen LogP contribution in [0.2, 0.25) is 0 Å². The van der Waals surface area contributed by atoms with Gasteiger partial charge in [0.25, 0.3) is 0 Å². The first-order valence-electron chi connectivity index (χ1n) is 12.8. The molecule has 1 aliphatic heterocycles. The Morgan fingerprint density at radius 1 is 1.03 bits per heavy atom. The van der Waals surface area contributed by atoms with E-state index in [-0.39, 0.29) is 11.3 Å². The SMILES string of the molecule is CC(C)(C)OC(=O)[C@@H]1CCCN1C(=O)[C@H](Cc1ccc(CN)cc1)NS(=O)(=O)c1ccc2ccccc2c1. The lowest BCUT2D eigenvalue weighted by molar-refractivity contribution is -0.163. The highest BCUT2D eigenvalue weighted by Gasteiger charge is 2.40. The number of amides is 1. The molecule has 1 saturated heterocycles. The summed E-state index contributed by atoms with van der Waals surface area (Å²) in [5, 5.41) is 1.69. The fraction of sp³-hybridized carbons (Fsp3) is 0.379. The smallest absolute Gasteiger partial charge is 0.329 e. The van der Waals surface area contributed by atoms with Gasteiger partial charge < -0.3 is 15.4 Å². The van der Waals surface area contributed by atoms with Crippen molar-refractivity contribution >= 4 is 32.7 Å². The number of likely N-dealkylation sites (tertiary alicyclic amines) is 1. The predicted molar refractivity (Wildman–Crippen MR) is 147 cm³/mol. The summed E-state index contributed by atoms with van der Waals surface area (Å²) in [5.41, 5.74) is 6.71. The molecular formula is C29H35N3O5S. The summed E-state index contributed by atoms with van der Waals surface area (Å²) in [6, 6.07) is 17.8. The van der Waals surface area contributed by atoms with Crippen LogP contribution in [-0.4, -0.2) is 49.4 Å². The zero-order valence-electron chi connectivity index (χ0n) is 22.0. The predicted octanol–water partition coefficient (Wildman–Crippen LogP) is 3.52. The number of nitrogens with one attached hydrogen (secondary N) is 1. The summed E-state index contributed by atoms with van der Waals surface area (Å²) in [6.45, 7) is 6.05. The fourth-order valence-corrected chi connectivity index (χ4v) is 5.89. The van der Waals surface area contributed by atoms with Gasteiger partial charge in [-0.15, -0.1) is 0 Å². The minimum absolute atomic E-state index is 0.0672. The van der Waals surface area contributed by atoms with Gasteiger partial charge in [-0.05, 0) is 74.1 Å². The number of benzene rings is 3. The fourth-order valence-electron chi connectivity index (χ4n) is 4.66. The number of nitrogens with zero attached hydrogens (tertiary/aromatic N) is 1. The number of carbonyl (C=O) groups is 2. The van der Waals surface area contributed by atoms with E-state index in [1.54, 1.807) is 32.9 Å². The van der Waals surface area contributed by atoms with E-state index in [1.807, 2.05) is 48.5 Å². The minimum atomic E-state index is -4.06. The summed E-state index contributed by atoms with van der Waals surface area (Å²) in [6.07, 6.45) is 1.22. The van der Waals surface area contributed by atoms with Crippen LogP contribution < -0.4 is 10.5 Å². The zero-order chi connectivity index (χ0) is 27.5. The van der Waals surface area contributed by atoms with Crippen LogP contribution in [0.4, 0.5) is 0 Å². The van der Waals surface area contributed by atoms with E-state index < -0.39 is 39.6 Å². The lowest BCUT2D eigenvalue weighted by Gasteiger charge is -2.30. The van der Waals surface area contributed by atoms with Crippen molar-refractivity contribution in [3.63, 3.8) is 0 Å². The van der Waals surface area contributed by atoms with Gasteiger partial charge in [-0.25, -0.2) is 13.2 Å². The molecule has 0 radical (unpaired) electrons. The van der Waals surface area contributed by atoms with Gasteiger partial charge in [0.1, 0.15) is 17.7 Å². The van der Waals surface area contributed by atoms with Crippen molar-refractivity contribution in [1.82, 2.24) is 9.62 Å². The topological polar surface area (TPSA) is 119 Å². The third kappa shape index (κ3) is 6.59. The average molecular weight is 538 g/mol. The van der Waals surface area contributed by atoms with Crippen LogP contribution in [0.25, 0.3) is 10.8 Å². The Balaban J connectivity index is 1.64. The van der Waals surface area contributed by atoms with Crippen molar-refractivity contribution in [3.05, 3.63) is 77.9 Å². The molecular weight excluding hydrogens is 502 g/mol. The van der Waals surface area contributed by atoms with Gasteiger partial charge in [-0.2, -0.15) is 4.72 Å². The van der Waals surface area contributed by atoms with E-state index in [4.69, 9.17) is 10.5 Å². The number of hydrogen-bond donors (Lipinski definition) is 2.